The van der Waals surface area contributed by atoms with Gasteiger partial charge in [-0.3, -0.25) is 0 Å². The summed E-state index contributed by atoms with van der Waals surface area (Å²) in [6, 6.07) is 9.59. The topological polar surface area (TPSA) is 31.4 Å². The molecule has 4 heteroatoms. The number of hydrogen-bond donors (Lipinski definition) is 0. The van der Waals surface area contributed by atoms with Crippen molar-refractivity contribution in [2.45, 2.75) is 12.8 Å². The Morgan fingerprint density at radius 1 is 1.11 bits per heavy atom. The van der Waals surface area contributed by atoms with Crippen LogP contribution >= 0.6 is 11.6 Å². The summed E-state index contributed by atoms with van der Waals surface area (Å²) < 4.78 is 10.6. The molecule has 18 heavy (non-hydrogen) atoms. The Morgan fingerprint density at radius 3 is 2.72 bits per heavy atom. The molecule has 1 aromatic heterocycles. The maximum Gasteiger partial charge on any atom is 0.129 e. The second kappa shape index (κ2) is 6.57. The van der Waals surface area contributed by atoms with Crippen LogP contribution in [-0.4, -0.2) is 25.3 Å². The number of benzene rings is 1. The molecule has 0 atom stereocenters. The average molecular weight is 266 g/mol. The lowest BCUT2D eigenvalue weighted by Gasteiger charge is -2.07. The number of unbranched alkanes of at least 4 members (excludes halogenated alkanes) is 1. The highest BCUT2D eigenvalue weighted by atomic mass is 35.5. The summed E-state index contributed by atoms with van der Waals surface area (Å²) >= 11 is 5.87. The molecular formula is C14H16ClNO2. The molecule has 0 aliphatic rings. The lowest BCUT2D eigenvalue weighted by molar-refractivity contribution is 0.184. The molecule has 0 N–H and O–H groups in total. The van der Waals surface area contributed by atoms with Crippen molar-refractivity contribution >= 4 is 22.5 Å². The summed E-state index contributed by atoms with van der Waals surface area (Å²) in [5.41, 5.74) is 0.858. The minimum Gasteiger partial charge on any atom is -0.494 e. The maximum absolute atomic E-state index is 5.87. The van der Waals surface area contributed by atoms with Gasteiger partial charge >= 0.3 is 0 Å². The van der Waals surface area contributed by atoms with Crippen molar-refractivity contribution in [3.8, 4) is 5.75 Å². The van der Waals surface area contributed by atoms with Crippen molar-refractivity contribution in [2.24, 2.45) is 0 Å². The smallest absolute Gasteiger partial charge is 0.129 e. The van der Waals surface area contributed by atoms with Crippen LogP contribution in [0.3, 0.4) is 0 Å². The van der Waals surface area contributed by atoms with Crippen LogP contribution in [0.15, 0.2) is 30.3 Å². The first-order valence-electron chi connectivity index (χ1n) is 5.97. The number of aromatic nitrogens is 1. The second-order valence-electron chi connectivity index (χ2n) is 4.04. The van der Waals surface area contributed by atoms with Gasteiger partial charge in [-0.2, -0.15) is 0 Å². The van der Waals surface area contributed by atoms with Crippen molar-refractivity contribution in [3.63, 3.8) is 0 Å². The van der Waals surface area contributed by atoms with Gasteiger partial charge in [0.05, 0.1) is 12.1 Å². The third-order valence-corrected chi connectivity index (χ3v) is 2.85. The molecule has 0 bridgehead atoms. The van der Waals surface area contributed by atoms with E-state index in [9.17, 15) is 0 Å². The molecule has 1 heterocycles. The van der Waals surface area contributed by atoms with E-state index in [2.05, 4.69) is 4.98 Å². The number of nitrogens with zero attached hydrogens (tertiary/aromatic N) is 1. The number of fused-ring (bicyclic) bond motifs is 1. The van der Waals surface area contributed by atoms with Crippen LogP contribution in [0, 0.1) is 0 Å². The molecule has 2 aromatic rings. The molecule has 2 rings (SSSR count). The molecule has 0 spiro atoms. The van der Waals surface area contributed by atoms with Crippen LogP contribution in [-0.2, 0) is 4.74 Å². The highest BCUT2D eigenvalue weighted by molar-refractivity contribution is 6.29. The molecular weight excluding hydrogens is 250 g/mol. The first-order valence-corrected chi connectivity index (χ1v) is 6.35. The Bertz CT molecular complexity index is 516. The average Bonchev–Trinajstić information content (AvgIpc) is 2.38. The quantitative estimate of drug-likeness (QED) is 0.590. The first kappa shape index (κ1) is 13.1. The third-order valence-electron chi connectivity index (χ3n) is 2.64. The van der Waals surface area contributed by atoms with Crippen LogP contribution < -0.4 is 4.74 Å². The molecule has 1 aromatic carbocycles. The predicted molar refractivity (Wildman–Crippen MR) is 73.4 cm³/mol. The highest BCUT2D eigenvalue weighted by Gasteiger charge is 2.00. The Hall–Kier alpha value is -1.32. The summed E-state index contributed by atoms with van der Waals surface area (Å²) in [5, 5.41) is 1.56. The zero-order valence-corrected chi connectivity index (χ0v) is 11.1. The van der Waals surface area contributed by atoms with Gasteiger partial charge in [0.1, 0.15) is 10.9 Å². The van der Waals surface area contributed by atoms with Crippen molar-refractivity contribution in [1.82, 2.24) is 4.98 Å². The van der Waals surface area contributed by atoms with Gasteiger partial charge in [-0.05, 0) is 37.1 Å². The number of rotatable bonds is 6. The van der Waals surface area contributed by atoms with Gasteiger partial charge in [0.15, 0.2) is 0 Å². The minimum absolute atomic E-state index is 0.500. The van der Waals surface area contributed by atoms with E-state index in [1.165, 1.54) is 0 Å². The van der Waals surface area contributed by atoms with Crippen LogP contribution in [0.1, 0.15) is 12.8 Å². The Balaban J connectivity index is 1.97. The molecule has 0 radical (unpaired) electrons. The fourth-order valence-corrected chi connectivity index (χ4v) is 1.85. The number of hydrogen-bond acceptors (Lipinski definition) is 3. The molecule has 0 aliphatic heterocycles. The van der Waals surface area contributed by atoms with Gasteiger partial charge in [-0.1, -0.05) is 11.6 Å². The molecule has 0 aliphatic carbocycles. The van der Waals surface area contributed by atoms with E-state index in [0.29, 0.717) is 11.8 Å². The number of ether oxygens (including phenoxy) is 2. The molecule has 96 valence electrons. The predicted octanol–water partition coefficient (Wildman–Crippen LogP) is 3.69. The molecule has 0 fully saturated rings. The number of pyridine rings is 1. The van der Waals surface area contributed by atoms with Gasteiger partial charge in [0.25, 0.3) is 0 Å². The summed E-state index contributed by atoms with van der Waals surface area (Å²) in [5.74, 6) is 0.828. The lowest BCUT2D eigenvalue weighted by Crippen LogP contribution is -1.99. The molecule has 0 amide bonds. The fraction of sp³-hybridized carbons (Fsp3) is 0.357. The monoisotopic (exact) mass is 265 g/mol. The van der Waals surface area contributed by atoms with Crippen molar-refractivity contribution < 1.29 is 9.47 Å². The van der Waals surface area contributed by atoms with Gasteiger partial charge < -0.3 is 9.47 Å². The van der Waals surface area contributed by atoms with Gasteiger partial charge in [-0.25, -0.2) is 4.98 Å². The zero-order valence-electron chi connectivity index (χ0n) is 10.4. The normalized spacial score (nSPS) is 10.8. The van der Waals surface area contributed by atoms with Crippen LogP contribution in [0.5, 0.6) is 5.75 Å². The van der Waals surface area contributed by atoms with E-state index in [1.807, 2.05) is 24.3 Å². The molecule has 0 unspecified atom stereocenters. The van der Waals surface area contributed by atoms with Crippen LogP contribution in [0.25, 0.3) is 10.9 Å². The Kier molecular flexibility index (Phi) is 4.79. The largest absolute Gasteiger partial charge is 0.494 e. The van der Waals surface area contributed by atoms with Gasteiger partial charge in [-0.15, -0.1) is 0 Å². The standard InChI is InChI=1S/C14H16ClNO2/c1-17-8-2-3-9-18-12-6-4-11-5-7-14(15)16-13(11)10-12/h4-7,10H,2-3,8-9H2,1H3. The van der Waals surface area contributed by atoms with Crippen molar-refractivity contribution in [3.05, 3.63) is 35.5 Å². The van der Waals surface area contributed by atoms with E-state index >= 15 is 0 Å². The SMILES string of the molecule is COCCCCOc1ccc2ccc(Cl)nc2c1. The Labute approximate surface area is 112 Å². The molecule has 0 saturated carbocycles. The van der Waals surface area contributed by atoms with Crippen LogP contribution in [0.2, 0.25) is 5.15 Å². The van der Waals surface area contributed by atoms with Gasteiger partial charge in [0.2, 0.25) is 0 Å². The third kappa shape index (κ3) is 3.59. The fourth-order valence-electron chi connectivity index (χ4n) is 1.70. The first-order chi connectivity index (χ1) is 8.79. The van der Waals surface area contributed by atoms with Gasteiger partial charge in [0, 0.05) is 25.2 Å². The van der Waals surface area contributed by atoms with E-state index < -0.39 is 0 Å². The van der Waals surface area contributed by atoms with Crippen molar-refractivity contribution in [2.75, 3.05) is 20.3 Å². The lowest BCUT2D eigenvalue weighted by atomic mass is 10.2. The minimum atomic E-state index is 0.500. The van der Waals surface area contributed by atoms with E-state index in [-0.39, 0.29) is 0 Å². The number of methoxy groups -OCH3 is 1. The number of halogens is 1. The van der Waals surface area contributed by atoms with Crippen LogP contribution in [0.4, 0.5) is 0 Å². The summed E-state index contributed by atoms with van der Waals surface area (Å²) in [6.07, 6.45) is 1.99. The Morgan fingerprint density at radius 2 is 1.89 bits per heavy atom. The molecule has 0 saturated heterocycles. The second-order valence-corrected chi connectivity index (χ2v) is 4.42. The summed E-state index contributed by atoms with van der Waals surface area (Å²) in [4.78, 5) is 4.26. The van der Waals surface area contributed by atoms with E-state index in [0.717, 1.165) is 36.1 Å². The van der Waals surface area contributed by atoms with Crippen molar-refractivity contribution in [1.29, 1.82) is 0 Å². The zero-order chi connectivity index (χ0) is 12.8. The summed E-state index contributed by atoms with van der Waals surface area (Å²) in [7, 11) is 1.71. The maximum atomic E-state index is 5.87. The molecule has 3 nitrogen and oxygen atoms in total. The highest BCUT2D eigenvalue weighted by Crippen LogP contribution is 2.21. The van der Waals surface area contributed by atoms with E-state index in [4.69, 9.17) is 21.1 Å². The summed E-state index contributed by atoms with van der Waals surface area (Å²) in [6.45, 7) is 1.47. The van der Waals surface area contributed by atoms with E-state index in [1.54, 1.807) is 13.2 Å².